The quantitative estimate of drug-likeness (QED) is 0.708. The maximum Gasteiger partial charge on any atom is 0.275 e. The van der Waals surface area contributed by atoms with E-state index < -0.39 is 5.66 Å². The summed E-state index contributed by atoms with van der Waals surface area (Å²) in [4.78, 5) is 32.8. The molecule has 1 fully saturated rings. The Bertz CT molecular complexity index is 1030. The number of Topliss-reactive ketones (excluding diaryl/α,β-unsaturated/α-hetero) is 1. The predicted octanol–water partition coefficient (Wildman–Crippen LogP) is 4.39. The van der Waals surface area contributed by atoms with Gasteiger partial charge in [-0.15, -0.1) is 0 Å². The highest BCUT2D eigenvalue weighted by molar-refractivity contribution is 6.47. The van der Waals surface area contributed by atoms with Gasteiger partial charge in [-0.2, -0.15) is 5.26 Å². The molecule has 4 rings (SSSR count). The number of hydrogen-bond acceptors (Lipinski definition) is 4. The number of ketones is 1. The number of nitrogens with zero attached hydrogens (tertiary/aromatic N) is 3. The molecular formula is C23H20ClN3O2. The topological polar surface area (TPSA) is 73.5 Å². The van der Waals surface area contributed by atoms with Gasteiger partial charge in [-0.3, -0.25) is 14.6 Å². The highest BCUT2D eigenvalue weighted by Gasteiger charge is 2.48. The van der Waals surface area contributed by atoms with Crippen LogP contribution in [0.5, 0.6) is 0 Å². The van der Waals surface area contributed by atoms with E-state index in [1.807, 2.05) is 6.07 Å². The van der Waals surface area contributed by atoms with Gasteiger partial charge in [-0.05, 0) is 49.9 Å². The van der Waals surface area contributed by atoms with Crippen molar-refractivity contribution < 1.29 is 9.59 Å². The smallest absolute Gasteiger partial charge is 0.275 e. The summed E-state index contributed by atoms with van der Waals surface area (Å²) in [5.41, 5.74) is 1.30. The minimum atomic E-state index is -0.660. The van der Waals surface area contributed by atoms with Crippen LogP contribution in [0.25, 0.3) is 0 Å². The summed E-state index contributed by atoms with van der Waals surface area (Å²) in [6.45, 7) is -0.0473. The van der Waals surface area contributed by atoms with Crippen molar-refractivity contribution in [2.24, 2.45) is 4.99 Å². The van der Waals surface area contributed by atoms with E-state index in [1.165, 1.54) is 0 Å². The van der Waals surface area contributed by atoms with Crippen molar-refractivity contribution in [3.8, 4) is 6.07 Å². The summed E-state index contributed by atoms with van der Waals surface area (Å²) in [6, 6.07) is 15.7. The molecule has 0 unspecified atom stereocenters. The summed E-state index contributed by atoms with van der Waals surface area (Å²) in [5.74, 6) is -0.410. The lowest BCUT2D eigenvalue weighted by Crippen LogP contribution is -2.50. The first kappa shape index (κ1) is 19.4. The van der Waals surface area contributed by atoms with E-state index in [1.54, 1.807) is 53.4 Å². The molecule has 5 nitrogen and oxygen atoms in total. The highest BCUT2D eigenvalue weighted by Crippen LogP contribution is 2.39. The molecule has 1 aliphatic carbocycles. The van der Waals surface area contributed by atoms with Crippen LogP contribution in [0.2, 0.25) is 5.02 Å². The van der Waals surface area contributed by atoms with Crippen molar-refractivity contribution in [3.05, 3.63) is 70.2 Å². The maximum absolute atomic E-state index is 13.3. The van der Waals surface area contributed by atoms with Crippen LogP contribution >= 0.6 is 11.6 Å². The number of nitriles is 1. The first-order valence-electron chi connectivity index (χ1n) is 9.73. The fourth-order valence-electron chi connectivity index (χ4n) is 4.14. The van der Waals surface area contributed by atoms with E-state index in [9.17, 15) is 9.59 Å². The molecule has 6 heteroatoms. The molecule has 29 heavy (non-hydrogen) atoms. The van der Waals surface area contributed by atoms with Crippen molar-refractivity contribution in [2.45, 2.75) is 37.8 Å². The molecule has 2 aromatic rings. The van der Waals surface area contributed by atoms with Gasteiger partial charge in [-0.25, -0.2) is 0 Å². The standard InChI is InChI=1S/C23H20ClN3O2/c24-19-9-7-17(8-10-19)21-22(29)27(23(26-21)11-2-1-3-12-23)15-20(28)18-6-4-5-16(13-18)14-25/h4-10,13H,1-3,11-12,15H2. The van der Waals surface area contributed by atoms with Crippen LogP contribution in [-0.2, 0) is 4.79 Å². The summed E-state index contributed by atoms with van der Waals surface area (Å²) >= 11 is 5.98. The molecule has 1 spiro atoms. The molecule has 1 heterocycles. The highest BCUT2D eigenvalue weighted by atomic mass is 35.5. The number of rotatable bonds is 4. The number of halogens is 1. The summed E-state index contributed by atoms with van der Waals surface area (Å²) in [7, 11) is 0. The molecule has 0 bridgehead atoms. The van der Waals surface area contributed by atoms with Gasteiger partial charge in [0.05, 0.1) is 18.2 Å². The van der Waals surface area contributed by atoms with E-state index in [0.29, 0.717) is 27.4 Å². The van der Waals surface area contributed by atoms with Crippen LogP contribution in [0, 0.1) is 11.3 Å². The average molecular weight is 406 g/mol. The van der Waals surface area contributed by atoms with E-state index in [2.05, 4.69) is 0 Å². The fraction of sp³-hybridized carbons (Fsp3) is 0.304. The molecule has 0 atom stereocenters. The number of carbonyl (C=O) groups excluding carboxylic acids is 2. The van der Waals surface area contributed by atoms with E-state index >= 15 is 0 Å². The number of amides is 1. The average Bonchev–Trinajstić information content (AvgIpc) is 3.00. The van der Waals surface area contributed by atoms with Crippen molar-refractivity contribution in [3.63, 3.8) is 0 Å². The Morgan fingerprint density at radius 3 is 2.55 bits per heavy atom. The van der Waals surface area contributed by atoms with Crippen LogP contribution in [0.4, 0.5) is 0 Å². The molecule has 0 N–H and O–H groups in total. The van der Waals surface area contributed by atoms with Gasteiger partial charge >= 0.3 is 0 Å². The lowest BCUT2D eigenvalue weighted by atomic mass is 9.88. The van der Waals surface area contributed by atoms with Crippen LogP contribution in [0.15, 0.2) is 53.5 Å². The minimum Gasteiger partial charge on any atom is -0.305 e. The van der Waals surface area contributed by atoms with E-state index in [-0.39, 0.29) is 18.2 Å². The molecule has 1 saturated carbocycles. The van der Waals surface area contributed by atoms with Crippen molar-refractivity contribution in [2.75, 3.05) is 6.54 Å². The Hall–Kier alpha value is -2.97. The Labute approximate surface area is 174 Å². The van der Waals surface area contributed by atoms with Crippen LogP contribution < -0.4 is 0 Å². The third-order valence-corrected chi connectivity index (χ3v) is 5.91. The first-order chi connectivity index (χ1) is 14.0. The summed E-state index contributed by atoms with van der Waals surface area (Å²) < 4.78 is 0. The van der Waals surface area contributed by atoms with Gasteiger partial charge in [-0.1, -0.05) is 42.3 Å². The second-order valence-corrected chi connectivity index (χ2v) is 7.95. The lowest BCUT2D eigenvalue weighted by molar-refractivity contribution is -0.128. The Morgan fingerprint density at radius 2 is 1.86 bits per heavy atom. The zero-order chi connectivity index (χ0) is 20.4. The van der Waals surface area contributed by atoms with Crippen molar-refractivity contribution in [1.82, 2.24) is 4.90 Å². The Balaban J connectivity index is 1.66. The van der Waals surface area contributed by atoms with Crippen LogP contribution in [0.1, 0.15) is 53.6 Å². The monoisotopic (exact) mass is 405 g/mol. The van der Waals surface area contributed by atoms with Crippen molar-refractivity contribution in [1.29, 1.82) is 5.26 Å². The molecule has 1 aliphatic heterocycles. The van der Waals surface area contributed by atoms with Gasteiger partial charge in [0.25, 0.3) is 5.91 Å². The molecule has 2 aliphatic rings. The summed E-state index contributed by atoms with van der Waals surface area (Å²) in [6.07, 6.45) is 4.55. The molecule has 146 valence electrons. The molecule has 0 aromatic heterocycles. The molecule has 0 radical (unpaired) electrons. The zero-order valence-corrected chi connectivity index (χ0v) is 16.7. The number of hydrogen-bond donors (Lipinski definition) is 0. The third-order valence-electron chi connectivity index (χ3n) is 5.66. The van der Waals surface area contributed by atoms with Gasteiger partial charge in [0, 0.05) is 16.1 Å². The largest absolute Gasteiger partial charge is 0.305 e. The van der Waals surface area contributed by atoms with Crippen LogP contribution in [-0.4, -0.2) is 34.5 Å². The number of aliphatic imine (C=N–C) groups is 1. The molecular weight excluding hydrogens is 386 g/mol. The fourth-order valence-corrected chi connectivity index (χ4v) is 4.27. The van der Waals surface area contributed by atoms with Crippen molar-refractivity contribution >= 4 is 29.0 Å². The predicted molar refractivity (Wildman–Crippen MR) is 111 cm³/mol. The van der Waals surface area contributed by atoms with Gasteiger partial charge in [0.1, 0.15) is 11.4 Å². The van der Waals surface area contributed by atoms with E-state index in [4.69, 9.17) is 21.9 Å². The number of carbonyl (C=O) groups is 2. The SMILES string of the molecule is N#Cc1cccc(C(=O)CN2C(=O)C(c3ccc(Cl)cc3)=NC23CCCCC3)c1. The van der Waals surface area contributed by atoms with Gasteiger partial charge in [0.15, 0.2) is 5.78 Å². The maximum atomic E-state index is 13.3. The number of benzene rings is 2. The molecule has 1 amide bonds. The second-order valence-electron chi connectivity index (χ2n) is 7.52. The van der Waals surface area contributed by atoms with Gasteiger partial charge < -0.3 is 4.90 Å². The third kappa shape index (κ3) is 3.68. The first-order valence-corrected chi connectivity index (χ1v) is 10.1. The Morgan fingerprint density at radius 1 is 1.14 bits per heavy atom. The zero-order valence-electron chi connectivity index (χ0n) is 15.9. The van der Waals surface area contributed by atoms with E-state index in [0.717, 1.165) is 32.1 Å². The lowest BCUT2D eigenvalue weighted by Gasteiger charge is -2.38. The Kier molecular flexibility index (Phi) is 5.21. The van der Waals surface area contributed by atoms with Gasteiger partial charge in [0.2, 0.25) is 0 Å². The molecule has 0 saturated heterocycles. The van der Waals surface area contributed by atoms with Crippen LogP contribution in [0.3, 0.4) is 0 Å². The minimum absolute atomic E-state index is 0.0473. The summed E-state index contributed by atoms with van der Waals surface area (Å²) in [5, 5.41) is 9.69. The second kappa shape index (κ2) is 7.81. The normalized spacial score (nSPS) is 17.9. The molecule has 2 aromatic carbocycles.